The topological polar surface area (TPSA) is 237 Å². The van der Waals surface area contributed by atoms with E-state index in [4.69, 9.17) is 37.0 Å². The number of phosphoric acid groups is 2. The maximum atomic E-state index is 13.1. The van der Waals surface area contributed by atoms with Gasteiger partial charge in [0.25, 0.3) is 0 Å². The molecule has 0 aliphatic heterocycles. The van der Waals surface area contributed by atoms with Gasteiger partial charge in [0.05, 0.1) is 26.4 Å². The van der Waals surface area contributed by atoms with Crippen molar-refractivity contribution in [3.05, 3.63) is 0 Å². The predicted octanol–water partition coefficient (Wildman–Crippen LogP) is 25.3. The number of rotatable bonds is 82. The van der Waals surface area contributed by atoms with Crippen LogP contribution in [-0.2, 0) is 65.4 Å². The van der Waals surface area contributed by atoms with Crippen LogP contribution in [0.25, 0.3) is 0 Å². The second kappa shape index (κ2) is 74.2. The molecule has 0 fully saturated rings. The molecule has 0 aromatic heterocycles. The van der Waals surface area contributed by atoms with Gasteiger partial charge in [0.15, 0.2) is 12.2 Å². The highest BCUT2D eigenvalue weighted by Gasteiger charge is 2.30. The van der Waals surface area contributed by atoms with E-state index in [-0.39, 0.29) is 25.7 Å². The Morgan fingerprint density at radius 1 is 0.262 bits per heavy atom. The molecule has 612 valence electrons. The summed E-state index contributed by atoms with van der Waals surface area (Å²) in [5.41, 5.74) is 0. The molecule has 0 aromatic carbocycles. The zero-order valence-electron chi connectivity index (χ0n) is 67.8. The number of ether oxygens (including phenoxy) is 4. The summed E-state index contributed by atoms with van der Waals surface area (Å²) in [6, 6.07) is 0. The lowest BCUT2D eigenvalue weighted by Crippen LogP contribution is -2.30. The number of carbonyl (C=O) groups is 4. The van der Waals surface area contributed by atoms with Crippen LogP contribution in [0.2, 0.25) is 0 Å². The SMILES string of the molecule is CCCCCCCCCCCCCCCCCCCCCCCC(=O)O[C@H](COC(=O)CCCCCCCCCCCCCCCCC(C)C)COP(=O)(O)OC[C@@H](O)COP(=O)(O)OC[C@@H](COC(=O)CCCCCCCCCCC(C)C)OC(=O)CCCCCCCCCCCCCC(C)C. The third-order valence-electron chi connectivity index (χ3n) is 19.6. The number of phosphoric ester groups is 2. The summed E-state index contributed by atoms with van der Waals surface area (Å²) in [5.74, 6) is 0.182. The van der Waals surface area contributed by atoms with Gasteiger partial charge in [-0.1, -0.05) is 389 Å². The van der Waals surface area contributed by atoms with Crippen LogP contribution >= 0.6 is 15.6 Å². The van der Waals surface area contributed by atoms with Gasteiger partial charge in [-0.05, 0) is 43.4 Å². The van der Waals surface area contributed by atoms with E-state index in [1.54, 1.807) is 0 Å². The maximum absolute atomic E-state index is 13.1. The largest absolute Gasteiger partial charge is 0.472 e. The number of carbonyl (C=O) groups excluding carboxylic acids is 4. The summed E-state index contributed by atoms with van der Waals surface area (Å²) < 4.78 is 68.8. The van der Waals surface area contributed by atoms with Crippen molar-refractivity contribution in [3.63, 3.8) is 0 Å². The molecule has 0 radical (unpaired) electrons. The lowest BCUT2D eigenvalue weighted by atomic mass is 10.0. The Kier molecular flexibility index (Phi) is 72.8. The molecule has 0 aliphatic carbocycles. The molecular weight excluding hydrogens is 1340 g/mol. The fourth-order valence-corrected chi connectivity index (χ4v) is 14.6. The van der Waals surface area contributed by atoms with Gasteiger partial charge >= 0.3 is 39.5 Å². The van der Waals surface area contributed by atoms with Crippen molar-refractivity contribution in [2.45, 2.75) is 458 Å². The molecule has 2 unspecified atom stereocenters. The molecule has 19 heteroatoms. The standard InChI is InChI=1S/C84H164O17P2/c1-8-9-10-11-12-13-14-15-16-17-18-19-20-21-22-27-32-37-46-53-60-67-83(88)100-79(71-94-81(86)65-58-51-44-36-31-26-24-23-25-29-34-41-48-55-62-75(2)3)73-98-102(90,91)96-69-78(85)70-97-103(92,93)99-74-80(72-95-82(87)66-59-52-45-40-39-43-50-57-64-77(6)7)101-84(89)68-61-54-47-38-33-28-30-35-42-49-56-63-76(4)5/h75-80,85H,8-74H2,1-7H3,(H,90,91)(H,92,93)/t78-,79-,80-/m1/s1. The smallest absolute Gasteiger partial charge is 0.462 e. The average Bonchev–Trinajstić information content (AvgIpc) is 0.973. The second-order valence-electron chi connectivity index (χ2n) is 31.6. The minimum atomic E-state index is -4.96. The minimum Gasteiger partial charge on any atom is -0.462 e. The monoisotopic (exact) mass is 1510 g/mol. The number of unbranched alkanes of at least 4 members (excludes halogenated alkanes) is 50. The normalized spacial score (nSPS) is 13.9. The molecule has 17 nitrogen and oxygen atoms in total. The molecule has 5 atom stereocenters. The van der Waals surface area contributed by atoms with Crippen molar-refractivity contribution in [3.8, 4) is 0 Å². The third kappa shape index (κ3) is 78.0. The first-order valence-corrected chi connectivity index (χ1v) is 46.3. The van der Waals surface area contributed by atoms with Crippen molar-refractivity contribution < 1.29 is 80.2 Å². The van der Waals surface area contributed by atoms with Gasteiger partial charge < -0.3 is 33.8 Å². The van der Waals surface area contributed by atoms with Crippen LogP contribution in [0.3, 0.4) is 0 Å². The lowest BCUT2D eigenvalue weighted by Gasteiger charge is -2.21. The summed E-state index contributed by atoms with van der Waals surface area (Å²) in [7, 11) is -9.93. The molecular formula is C84H164O17P2. The first-order valence-electron chi connectivity index (χ1n) is 43.3. The van der Waals surface area contributed by atoms with E-state index in [0.29, 0.717) is 25.7 Å². The van der Waals surface area contributed by atoms with E-state index in [2.05, 4.69) is 48.5 Å². The van der Waals surface area contributed by atoms with E-state index in [9.17, 15) is 43.2 Å². The molecule has 0 heterocycles. The highest BCUT2D eigenvalue weighted by atomic mass is 31.2. The van der Waals surface area contributed by atoms with E-state index in [1.165, 1.54) is 250 Å². The molecule has 3 N–H and O–H groups in total. The summed E-state index contributed by atoms with van der Waals surface area (Å²) in [6.07, 6.45) is 64.0. The van der Waals surface area contributed by atoms with Crippen LogP contribution in [0.4, 0.5) is 0 Å². The van der Waals surface area contributed by atoms with Gasteiger partial charge in [-0.3, -0.25) is 37.3 Å². The molecule has 0 spiro atoms. The second-order valence-corrected chi connectivity index (χ2v) is 34.6. The highest BCUT2D eigenvalue weighted by molar-refractivity contribution is 7.47. The molecule has 0 aromatic rings. The van der Waals surface area contributed by atoms with Gasteiger partial charge in [0, 0.05) is 25.7 Å². The van der Waals surface area contributed by atoms with Gasteiger partial charge in [-0.25, -0.2) is 9.13 Å². The minimum absolute atomic E-state index is 0.106. The van der Waals surface area contributed by atoms with Crippen LogP contribution in [-0.4, -0.2) is 96.7 Å². The lowest BCUT2D eigenvalue weighted by molar-refractivity contribution is -0.161. The quantitative estimate of drug-likeness (QED) is 0.0222. The van der Waals surface area contributed by atoms with Gasteiger partial charge in [-0.2, -0.15) is 0 Å². The molecule has 0 amide bonds. The van der Waals surface area contributed by atoms with Gasteiger partial charge in [0.2, 0.25) is 0 Å². The number of esters is 4. The fourth-order valence-electron chi connectivity index (χ4n) is 13.0. The highest BCUT2D eigenvalue weighted by Crippen LogP contribution is 2.45. The summed E-state index contributed by atoms with van der Waals surface area (Å²) in [6.45, 7) is 11.9. The van der Waals surface area contributed by atoms with Gasteiger partial charge in [-0.15, -0.1) is 0 Å². The summed E-state index contributed by atoms with van der Waals surface area (Å²) in [5, 5.41) is 10.7. The number of aliphatic hydroxyl groups is 1. The predicted molar refractivity (Wildman–Crippen MR) is 423 cm³/mol. The molecule has 0 aliphatic rings. The van der Waals surface area contributed by atoms with Crippen molar-refractivity contribution in [1.29, 1.82) is 0 Å². The zero-order valence-corrected chi connectivity index (χ0v) is 69.6. The van der Waals surface area contributed by atoms with Crippen LogP contribution in [0.15, 0.2) is 0 Å². The third-order valence-corrected chi connectivity index (χ3v) is 21.5. The van der Waals surface area contributed by atoms with Crippen LogP contribution in [0.5, 0.6) is 0 Å². The number of aliphatic hydroxyl groups excluding tert-OH is 1. The van der Waals surface area contributed by atoms with Crippen molar-refractivity contribution in [1.82, 2.24) is 0 Å². The van der Waals surface area contributed by atoms with Crippen molar-refractivity contribution >= 4 is 39.5 Å². The first-order chi connectivity index (χ1) is 49.7. The number of hydrogen-bond donors (Lipinski definition) is 3. The Balaban J connectivity index is 5.24. The summed E-state index contributed by atoms with van der Waals surface area (Å²) >= 11 is 0. The Labute approximate surface area is 632 Å². The summed E-state index contributed by atoms with van der Waals surface area (Å²) in [4.78, 5) is 73.1. The molecule has 0 saturated carbocycles. The van der Waals surface area contributed by atoms with Gasteiger partial charge in [0.1, 0.15) is 19.3 Å². The fraction of sp³-hybridized carbons (Fsp3) is 0.952. The maximum Gasteiger partial charge on any atom is 0.472 e. The molecule has 103 heavy (non-hydrogen) atoms. The Hall–Kier alpha value is -1.94. The van der Waals surface area contributed by atoms with Crippen LogP contribution in [0.1, 0.15) is 440 Å². The van der Waals surface area contributed by atoms with E-state index < -0.39 is 97.5 Å². The molecule has 0 saturated heterocycles. The van der Waals surface area contributed by atoms with E-state index >= 15 is 0 Å². The van der Waals surface area contributed by atoms with Crippen molar-refractivity contribution in [2.24, 2.45) is 17.8 Å². The molecule has 0 bridgehead atoms. The Morgan fingerprint density at radius 2 is 0.447 bits per heavy atom. The zero-order chi connectivity index (χ0) is 75.8. The first kappa shape index (κ1) is 101. The van der Waals surface area contributed by atoms with Crippen LogP contribution in [0, 0.1) is 17.8 Å². The Morgan fingerprint density at radius 3 is 0.660 bits per heavy atom. The van der Waals surface area contributed by atoms with E-state index in [1.807, 2.05) is 0 Å². The Bertz CT molecular complexity index is 1990. The van der Waals surface area contributed by atoms with Crippen molar-refractivity contribution in [2.75, 3.05) is 39.6 Å². The van der Waals surface area contributed by atoms with Crippen LogP contribution < -0.4 is 0 Å². The molecule has 0 rings (SSSR count). The number of hydrogen-bond acceptors (Lipinski definition) is 15. The average molecular weight is 1510 g/mol. The van der Waals surface area contributed by atoms with E-state index in [0.717, 1.165) is 108 Å².